The molecule has 0 fully saturated rings. The fourth-order valence-electron chi connectivity index (χ4n) is 1.71. The fourth-order valence-corrected chi connectivity index (χ4v) is 1.71. The van der Waals surface area contributed by atoms with E-state index in [0.29, 0.717) is 25.2 Å². The first-order valence-electron chi connectivity index (χ1n) is 6.35. The zero-order valence-electron chi connectivity index (χ0n) is 10.9. The van der Waals surface area contributed by atoms with Crippen molar-refractivity contribution in [3.8, 4) is 0 Å². The van der Waals surface area contributed by atoms with E-state index < -0.39 is 17.8 Å². The van der Waals surface area contributed by atoms with Gasteiger partial charge in [-0.1, -0.05) is 25.1 Å². The van der Waals surface area contributed by atoms with Gasteiger partial charge in [-0.15, -0.1) is 0 Å². The first kappa shape index (κ1) is 16.0. The van der Waals surface area contributed by atoms with Gasteiger partial charge >= 0.3 is 6.18 Å². The van der Waals surface area contributed by atoms with Crippen molar-refractivity contribution in [1.82, 2.24) is 0 Å². The van der Waals surface area contributed by atoms with Crippen molar-refractivity contribution >= 4 is 0 Å². The normalized spacial score (nSPS) is 13.5. The molecule has 1 unspecified atom stereocenters. The van der Waals surface area contributed by atoms with Gasteiger partial charge in [0.2, 0.25) is 0 Å². The third-order valence-corrected chi connectivity index (χ3v) is 2.67. The second-order valence-corrected chi connectivity index (χ2v) is 4.46. The Labute approximate surface area is 111 Å². The van der Waals surface area contributed by atoms with Gasteiger partial charge in [0.1, 0.15) is 0 Å². The second-order valence-electron chi connectivity index (χ2n) is 4.46. The standard InChI is InChI=1S/C14H19F3O2/c1-2-7-19-8-6-13(18)10-11-4-3-5-12(9-11)14(15,16)17/h3-5,9,13,18H,2,6-8,10H2,1H3. The van der Waals surface area contributed by atoms with E-state index in [4.69, 9.17) is 4.74 Å². The van der Waals surface area contributed by atoms with Gasteiger partial charge in [0.15, 0.2) is 0 Å². The zero-order valence-corrected chi connectivity index (χ0v) is 10.9. The smallest absolute Gasteiger partial charge is 0.393 e. The van der Waals surface area contributed by atoms with Crippen LogP contribution in [0.1, 0.15) is 30.9 Å². The Hall–Kier alpha value is -1.07. The molecule has 1 aromatic rings. The first-order valence-corrected chi connectivity index (χ1v) is 6.35. The Balaban J connectivity index is 2.48. The maximum absolute atomic E-state index is 12.5. The third-order valence-electron chi connectivity index (χ3n) is 2.67. The summed E-state index contributed by atoms with van der Waals surface area (Å²) in [6, 6.07) is 5.06. The molecule has 0 aliphatic carbocycles. The minimum atomic E-state index is -4.34. The highest BCUT2D eigenvalue weighted by atomic mass is 19.4. The van der Waals surface area contributed by atoms with E-state index in [1.54, 1.807) is 6.07 Å². The topological polar surface area (TPSA) is 29.5 Å². The van der Waals surface area contributed by atoms with Gasteiger partial charge < -0.3 is 9.84 Å². The van der Waals surface area contributed by atoms with E-state index in [1.165, 1.54) is 6.07 Å². The molecule has 1 N–H and O–H groups in total. The SMILES string of the molecule is CCCOCCC(O)Cc1cccc(C(F)(F)F)c1. The minimum Gasteiger partial charge on any atom is -0.393 e. The summed E-state index contributed by atoms with van der Waals surface area (Å²) in [5, 5.41) is 9.73. The maximum atomic E-state index is 12.5. The molecule has 0 saturated carbocycles. The minimum absolute atomic E-state index is 0.208. The van der Waals surface area contributed by atoms with Crippen molar-refractivity contribution in [2.75, 3.05) is 13.2 Å². The van der Waals surface area contributed by atoms with Crippen molar-refractivity contribution in [2.24, 2.45) is 0 Å². The van der Waals surface area contributed by atoms with Crippen LogP contribution in [0.25, 0.3) is 0 Å². The molecule has 1 atom stereocenters. The Morgan fingerprint density at radius 2 is 2.00 bits per heavy atom. The number of rotatable bonds is 7. The van der Waals surface area contributed by atoms with Crippen LogP contribution < -0.4 is 0 Å². The predicted molar refractivity (Wildman–Crippen MR) is 66.9 cm³/mol. The molecule has 0 bridgehead atoms. The van der Waals surface area contributed by atoms with Crippen molar-refractivity contribution in [2.45, 2.75) is 38.5 Å². The number of hydrogen-bond donors (Lipinski definition) is 1. The second kappa shape index (κ2) is 7.50. The molecular formula is C14H19F3O2. The summed E-state index contributed by atoms with van der Waals surface area (Å²) in [4.78, 5) is 0. The number of halogens is 3. The van der Waals surface area contributed by atoms with Gasteiger partial charge in [0, 0.05) is 13.2 Å². The maximum Gasteiger partial charge on any atom is 0.416 e. The number of alkyl halides is 3. The summed E-state index contributed by atoms with van der Waals surface area (Å²) in [5.41, 5.74) is -0.197. The molecule has 0 aliphatic heterocycles. The van der Waals surface area contributed by atoms with E-state index in [-0.39, 0.29) is 6.42 Å². The number of ether oxygens (including phenoxy) is 1. The van der Waals surface area contributed by atoms with Gasteiger partial charge in [-0.3, -0.25) is 0 Å². The molecule has 19 heavy (non-hydrogen) atoms. The van der Waals surface area contributed by atoms with Crippen LogP contribution in [0.5, 0.6) is 0 Å². The number of benzene rings is 1. The molecule has 0 aliphatic rings. The molecule has 0 heterocycles. The highest BCUT2D eigenvalue weighted by Gasteiger charge is 2.30. The van der Waals surface area contributed by atoms with Crippen molar-refractivity contribution in [3.05, 3.63) is 35.4 Å². The summed E-state index contributed by atoms with van der Waals surface area (Å²) in [6.45, 7) is 3.04. The quantitative estimate of drug-likeness (QED) is 0.773. The van der Waals surface area contributed by atoms with Gasteiger partial charge in [-0.05, 0) is 30.9 Å². The van der Waals surface area contributed by atoms with Crippen LogP contribution >= 0.6 is 0 Å². The van der Waals surface area contributed by atoms with Crippen LogP contribution in [-0.2, 0) is 17.3 Å². The average Bonchev–Trinajstić information content (AvgIpc) is 2.34. The molecular weight excluding hydrogens is 257 g/mol. The van der Waals surface area contributed by atoms with E-state index in [0.717, 1.165) is 18.6 Å². The Morgan fingerprint density at radius 3 is 2.63 bits per heavy atom. The van der Waals surface area contributed by atoms with E-state index in [9.17, 15) is 18.3 Å². The molecule has 0 spiro atoms. The fraction of sp³-hybridized carbons (Fsp3) is 0.571. The molecule has 5 heteroatoms. The van der Waals surface area contributed by atoms with Gasteiger partial charge in [0.05, 0.1) is 11.7 Å². The van der Waals surface area contributed by atoms with Gasteiger partial charge in [-0.25, -0.2) is 0 Å². The number of aliphatic hydroxyl groups excluding tert-OH is 1. The van der Waals surface area contributed by atoms with E-state index in [2.05, 4.69) is 0 Å². The first-order chi connectivity index (χ1) is 8.93. The lowest BCUT2D eigenvalue weighted by molar-refractivity contribution is -0.137. The summed E-state index contributed by atoms with van der Waals surface area (Å²) in [7, 11) is 0. The molecule has 0 radical (unpaired) electrons. The molecule has 2 nitrogen and oxygen atoms in total. The van der Waals surface area contributed by atoms with Crippen LogP contribution in [0.3, 0.4) is 0 Å². The zero-order chi connectivity index (χ0) is 14.3. The molecule has 0 saturated heterocycles. The summed E-state index contributed by atoms with van der Waals surface area (Å²) >= 11 is 0. The van der Waals surface area contributed by atoms with Crippen LogP contribution in [0.4, 0.5) is 13.2 Å². The van der Waals surface area contributed by atoms with Crippen molar-refractivity contribution in [3.63, 3.8) is 0 Å². The molecule has 0 amide bonds. The Bertz CT molecular complexity index is 377. The van der Waals surface area contributed by atoms with Crippen LogP contribution in [0.2, 0.25) is 0 Å². The Morgan fingerprint density at radius 1 is 1.26 bits per heavy atom. The van der Waals surface area contributed by atoms with Crippen LogP contribution in [0.15, 0.2) is 24.3 Å². The third kappa shape index (κ3) is 6.07. The Kier molecular flexibility index (Phi) is 6.31. The monoisotopic (exact) mass is 276 g/mol. The highest BCUT2D eigenvalue weighted by Crippen LogP contribution is 2.29. The van der Waals surface area contributed by atoms with E-state index >= 15 is 0 Å². The highest BCUT2D eigenvalue weighted by molar-refractivity contribution is 5.26. The number of aliphatic hydroxyl groups is 1. The van der Waals surface area contributed by atoms with Crippen molar-refractivity contribution in [1.29, 1.82) is 0 Å². The molecule has 0 aromatic heterocycles. The largest absolute Gasteiger partial charge is 0.416 e. The predicted octanol–water partition coefficient (Wildman–Crippen LogP) is 3.43. The van der Waals surface area contributed by atoms with Gasteiger partial charge in [-0.2, -0.15) is 13.2 Å². The summed E-state index contributed by atoms with van der Waals surface area (Å²) < 4.78 is 42.8. The van der Waals surface area contributed by atoms with E-state index in [1.807, 2.05) is 6.92 Å². The van der Waals surface area contributed by atoms with Crippen LogP contribution in [-0.4, -0.2) is 24.4 Å². The molecule has 108 valence electrons. The lowest BCUT2D eigenvalue weighted by atomic mass is 10.0. The lowest BCUT2D eigenvalue weighted by Gasteiger charge is -2.12. The molecule has 1 aromatic carbocycles. The lowest BCUT2D eigenvalue weighted by Crippen LogP contribution is -2.14. The van der Waals surface area contributed by atoms with Crippen LogP contribution in [0, 0.1) is 0 Å². The van der Waals surface area contributed by atoms with Crippen molar-refractivity contribution < 1.29 is 23.0 Å². The summed E-state index contributed by atoms with van der Waals surface area (Å²) in [6.07, 6.45) is -3.48. The summed E-state index contributed by atoms with van der Waals surface area (Å²) in [5.74, 6) is 0. The number of hydrogen-bond acceptors (Lipinski definition) is 2. The average molecular weight is 276 g/mol. The van der Waals surface area contributed by atoms with Gasteiger partial charge in [0.25, 0.3) is 0 Å². The molecule has 1 rings (SSSR count).